The fourth-order valence-electron chi connectivity index (χ4n) is 1.75. The highest BCUT2D eigenvalue weighted by molar-refractivity contribution is 5.35. The lowest BCUT2D eigenvalue weighted by Crippen LogP contribution is -2.33. The van der Waals surface area contributed by atoms with E-state index in [1.54, 1.807) is 0 Å². The van der Waals surface area contributed by atoms with Gasteiger partial charge in [0.2, 0.25) is 0 Å². The van der Waals surface area contributed by atoms with Gasteiger partial charge in [0.05, 0.1) is 0 Å². The zero-order chi connectivity index (χ0) is 14.3. The van der Waals surface area contributed by atoms with E-state index in [-0.39, 0.29) is 0 Å². The predicted molar refractivity (Wildman–Crippen MR) is 79.7 cm³/mol. The second kappa shape index (κ2) is 8.18. The van der Waals surface area contributed by atoms with Crippen LogP contribution >= 0.6 is 0 Å². The van der Waals surface area contributed by atoms with Gasteiger partial charge in [-0.05, 0) is 43.5 Å². The minimum absolute atomic E-state index is 0.331. The minimum Gasteiger partial charge on any atom is -0.491 e. The highest BCUT2D eigenvalue weighted by Crippen LogP contribution is 2.19. The molecule has 0 spiro atoms. The van der Waals surface area contributed by atoms with Crippen molar-refractivity contribution in [2.24, 2.45) is 5.92 Å². The Kier molecular flexibility index (Phi) is 6.89. The average Bonchev–Trinajstić information content (AvgIpc) is 2.39. The Morgan fingerprint density at radius 3 is 2.68 bits per heavy atom. The van der Waals surface area contributed by atoms with E-state index in [9.17, 15) is 5.11 Å². The fraction of sp³-hybridized carbons (Fsp3) is 0.625. The van der Waals surface area contributed by atoms with Crippen LogP contribution < -0.4 is 10.1 Å². The third-order valence-electron chi connectivity index (χ3n) is 3.34. The summed E-state index contributed by atoms with van der Waals surface area (Å²) < 4.78 is 5.67. The number of hydrogen-bond donors (Lipinski definition) is 2. The van der Waals surface area contributed by atoms with Crippen LogP contribution in [0.5, 0.6) is 5.75 Å². The third-order valence-corrected chi connectivity index (χ3v) is 3.34. The fourth-order valence-corrected chi connectivity index (χ4v) is 1.75. The third kappa shape index (κ3) is 6.08. The molecule has 0 radical (unpaired) electrons. The first-order valence-electron chi connectivity index (χ1n) is 7.11. The molecule has 0 aromatic heterocycles. The number of ether oxygens (including phenoxy) is 1. The van der Waals surface area contributed by atoms with Crippen molar-refractivity contribution in [1.29, 1.82) is 0 Å². The first-order chi connectivity index (χ1) is 9.02. The van der Waals surface area contributed by atoms with Gasteiger partial charge in [-0.3, -0.25) is 0 Å². The summed E-state index contributed by atoms with van der Waals surface area (Å²) in [6, 6.07) is 6.11. The Bertz CT molecular complexity index is 379. The maximum absolute atomic E-state index is 9.87. The monoisotopic (exact) mass is 265 g/mol. The van der Waals surface area contributed by atoms with Crippen molar-refractivity contribution in [3.05, 3.63) is 29.3 Å². The lowest BCUT2D eigenvalue weighted by molar-refractivity contribution is 0.105. The van der Waals surface area contributed by atoms with Crippen LogP contribution in [0, 0.1) is 19.8 Å². The SMILES string of the molecule is CCC(C)CNCC(O)COc1cc(C)ccc1C. The van der Waals surface area contributed by atoms with Crippen molar-refractivity contribution in [2.45, 2.75) is 40.2 Å². The average molecular weight is 265 g/mol. The molecular formula is C16H27NO2. The normalized spacial score (nSPS) is 14.2. The Hall–Kier alpha value is -1.06. The van der Waals surface area contributed by atoms with Crippen LogP contribution in [0.1, 0.15) is 31.4 Å². The molecule has 0 saturated heterocycles. The molecule has 108 valence electrons. The molecule has 1 aromatic rings. The van der Waals surface area contributed by atoms with Crippen molar-refractivity contribution in [2.75, 3.05) is 19.7 Å². The van der Waals surface area contributed by atoms with Crippen LogP contribution in [0.15, 0.2) is 18.2 Å². The lowest BCUT2D eigenvalue weighted by Gasteiger charge is -2.16. The summed E-state index contributed by atoms with van der Waals surface area (Å²) in [6.45, 7) is 10.3. The number of benzene rings is 1. The van der Waals surface area contributed by atoms with Crippen LogP contribution in [-0.4, -0.2) is 30.9 Å². The number of hydrogen-bond acceptors (Lipinski definition) is 3. The van der Waals surface area contributed by atoms with Gasteiger partial charge >= 0.3 is 0 Å². The lowest BCUT2D eigenvalue weighted by atomic mass is 10.1. The number of aliphatic hydroxyl groups excluding tert-OH is 1. The largest absolute Gasteiger partial charge is 0.491 e. The van der Waals surface area contributed by atoms with Crippen LogP contribution in [0.4, 0.5) is 0 Å². The highest BCUT2D eigenvalue weighted by Gasteiger charge is 2.07. The zero-order valence-corrected chi connectivity index (χ0v) is 12.6. The molecule has 0 fully saturated rings. The molecule has 3 heteroatoms. The molecule has 2 atom stereocenters. The molecule has 0 aliphatic heterocycles. The van der Waals surface area contributed by atoms with Gasteiger partial charge in [0.25, 0.3) is 0 Å². The predicted octanol–water partition coefficient (Wildman–Crippen LogP) is 2.68. The van der Waals surface area contributed by atoms with Gasteiger partial charge in [-0.25, -0.2) is 0 Å². The topological polar surface area (TPSA) is 41.5 Å². The summed E-state index contributed by atoms with van der Waals surface area (Å²) in [6.07, 6.45) is 0.686. The second-order valence-electron chi connectivity index (χ2n) is 5.41. The molecule has 2 N–H and O–H groups in total. The van der Waals surface area contributed by atoms with Crippen molar-refractivity contribution in [3.63, 3.8) is 0 Å². The summed E-state index contributed by atoms with van der Waals surface area (Å²) >= 11 is 0. The van der Waals surface area contributed by atoms with E-state index in [0.29, 0.717) is 19.1 Å². The summed E-state index contributed by atoms with van der Waals surface area (Å²) in [5.41, 5.74) is 2.27. The maximum atomic E-state index is 9.87. The number of aliphatic hydroxyl groups is 1. The van der Waals surface area contributed by atoms with Gasteiger partial charge in [-0.15, -0.1) is 0 Å². The van der Waals surface area contributed by atoms with Crippen LogP contribution in [0.25, 0.3) is 0 Å². The summed E-state index contributed by atoms with van der Waals surface area (Å²) in [4.78, 5) is 0. The van der Waals surface area contributed by atoms with Gasteiger partial charge in [-0.1, -0.05) is 32.4 Å². The van der Waals surface area contributed by atoms with Crippen molar-refractivity contribution >= 4 is 0 Å². The van der Waals surface area contributed by atoms with Gasteiger partial charge in [0, 0.05) is 6.54 Å². The molecule has 1 rings (SSSR count). The molecule has 0 amide bonds. The first-order valence-corrected chi connectivity index (χ1v) is 7.11. The summed E-state index contributed by atoms with van der Waals surface area (Å²) in [5.74, 6) is 1.51. The van der Waals surface area contributed by atoms with E-state index in [1.807, 2.05) is 26.0 Å². The van der Waals surface area contributed by atoms with Crippen molar-refractivity contribution < 1.29 is 9.84 Å². The van der Waals surface area contributed by atoms with Gasteiger partial charge in [-0.2, -0.15) is 0 Å². The molecule has 0 aliphatic rings. The Labute approximate surface area is 117 Å². The standard InChI is InChI=1S/C16H27NO2/c1-5-12(2)9-17-10-15(18)11-19-16-8-13(3)6-7-14(16)4/h6-8,12,15,17-18H,5,9-11H2,1-4H3. The molecule has 0 bridgehead atoms. The smallest absolute Gasteiger partial charge is 0.122 e. The van der Waals surface area contributed by atoms with Crippen molar-refractivity contribution in [3.8, 4) is 5.75 Å². The molecular weight excluding hydrogens is 238 g/mol. The molecule has 1 aromatic carbocycles. The van der Waals surface area contributed by atoms with E-state index in [4.69, 9.17) is 4.74 Å². The zero-order valence-electron chi connectivity index (χ0n) is 12.6. The molecule has 2 unspecified atom stereocenters. The van der Waals surface area contributed by atoms with Gasteiger partial charge < -0.3 is 15.2 Å². The van der Waals surface area contributed by atoms with Gasteiger partial charge in [0.15, 0.2) is 0 Å². The van der Waals surface area contributed by atoms with Gasteiger partial charge in [0.1, 0.15) is 18.5 Å². The summed E-state index contributed by atoms with van der Waals surface area (Å²) in [7, 11) is 0. The second-order valence-corrected chi connectivity index (χ2v) is 5.41. The number of nitrogens with one attached hydrogen (secondary N) is 1. The quantitative estimate of drug-likeness (QED) is 0.759. The van der Waals surface area contributed by atoms with Crippen LogP contribution in [0.3, 0.4) is 0 Å². The maximum Gasteiger partial charge on any atom is 0.122 e. The molecule has 0 heterocycles. The van der Waals surface area contributed by atoms with E-state index in [0.717, 1.165) is 24.3 Å². The first kappa shape index (κ1) is 16.0. The molecule has 0 aliphatic carbocycles. The molecule has 0 saturated carbocycles. The highest BCUT2D eigenvalue weighted by atomic mass is 16.5. The van der Waals surface area contributed by atoms with E-state index in [1.165, 1.54) is 5.56 Å². The molecule has 3 nitrogen and oxygen atoms in total. The number of aryl methyl sites for hydroxylation is 2. The van der Waals surface area contributed by atoms with E-state index >= 15 is 0 Å². The Morgan fingerprint density at radius 2 is 2.00 bits per heavy atom. The van der Waals surface area contributed by atoms with Crippen molar-refractivity contribution in [1.82, 2.24) is 5.32 Å². The van der Waals surface area contributed by atoms with Crippen LogP contribution in [0.2, 0.25) is 0 Å². The molecule has 19 heavy (non-hydrogen) atoms. The Morgan fingerprint density at radius 1 is 1.26 bits per heavy atom. The number of rotatable bonds is 8. The summed E-state index contributed by atoms with van der Waals surface area (Å²) in [5, 5.41) is 13.1. The van der Waals surface area contributed by atoms with E-state index < -0.39 is 6.10 Å². The Balaban J connectivity index is 2.29. The van der Waals surface area contributed by atoms with Crippen LogP contribution in [-0.2, 0) is 0 Å². The minimum atomic E-state index is -0.469. The van der Waals surface area contributed by atoms with E-state index in [2.05, 4.69) is 25.2 Å².